The van der Waals surface area contributed by atoms with E-state index in [-0.39, 0.29) is 10.9 Å². The maximum Gasteiger partial charge on any atom is 0.238 e. The van der Waals surface area contributed by atoms with Gasteiger partial charge in [-0.3, -0.25) is 0 Å². The quantitative estimate of drug-likeness (QED) is 0.711. The van der Waals surface area contributed by atoms with E-state index in [2.05, 4.69) is 18.3 Å². The molecule has 0 fully saturated rings. The lowest BCUT2D eigenvalue weighted by Gasteiger charge is -2.20. The third-order valence-corrected chi connectivity index (χ3v) is 5.04. The highest BCUT2D eigenvalue weighted by Gasteiger charge is 2.15. The van der Waals surface area contributed by atoms with E-state index in [1.807, 2.05) is 11.4 Å². The summed E-state index contributed by atoms with van der Waals surface area (Å²) < 4.78 is 22.9. The standard InChI is InChI=1S/C14H19N3O2S2/c1-2-4-12(14-5-3-8-20-14)17-13-9-10(21(16,18)19)6-7-11(13)15/h3,5-9,12,17H,2,4,15H2,1H3,(H2,16,18,19). The van der Waals surface area contributed by atoms with E-state index in [9.17, 15) is 8.42 Å². The molecule has 0 saturated heterocycles. The zero-order chi connectivity index (χ0) is 15.5. The van der Waals surface area contributed by atoms with Crippen molar-refractivity contribution in [1.29, 1.82) is 0 Å². The fourth-order valence-corrected chi connectivity index (χ4v) is 3.44. The van der Waals surface area contributed by atoms with Gasteiger partial charge in [-0.2, -0.15) is 0 Å². The SMILES string of the molecule is CCCC(Nc1cc(S(N)(=O)=O)ccc1N)c1cccs1. The summed E-state index contributed by atoms with van der Waals surface area (Å²) in [6.07, 6.45) is 1.93. The second kappa shape index (κ2) is 6.46. The van der Waals surface area contributed by atoms with Crippen LogP contribution < -0.4 is 16.2 Å². The molecule has 1 aromatic heterocycles. The van der Waals surface area contributed by atoms with E-state index in [0.29, 0.717) is 11.4 Å². The molecule has 114 valence electrons. The third-order valence-electron chi connectivity index (χ3n) is 3.15. The zero-order valence-electron chi connectivity index (χ0n) is 11.7. The number of sulfonamides is 1. The molecule has 1 heterocycles. The van der Waals surface area contributed by atoms with Gasteiger partial charge in [0.1, 0.15) is 0 Å². The maximum atomic E-state index is 11.4. The molecule has 21 heavy (non-hydrogen) atoms. The summed E-state index contributed by atoms with van der Waals surface area (Å²) in [5.74, 6) is 0. The fraction of sp³-hybridized carbons (Fsp3) is 0.286. The van der Waals surface area contributed by atoms with Crippen molar-refractivity contribution in [2.45, 2.75) is 30.7 Å². The minimum atomic E-state index is -3.74. The monoisotopic (exact) mass is 325 g/mol. The Morgan fingerprint density at radius 3 is 2.67 bits per heavy atom. The van der Waals surface area contributed by atoms with Gasteiger partial charge in [0.2, 0.25) is 10.0 Å². The molecule has 0 radical (unpaired) electrons. The second-order valence-electron chi connectivity index (χ2n) is 4.80. The van der Waals surface area contributed by atoms with Gasteiger partial charge in [-0.1, -0.05) is 19.4 Å². The largest absolute Gasteiger partial charge is 0.397 e. The summed E-state index contributed by atoms with van der Waals surface area (Å²) >= 11 is 1.66. The van der Waals surface area contributed by atoms with Crippen LogP contribution in [0.25, 0.3) is 0 Å². The molecule has 7 heteroatoms. The van der Waals surface area contributed by atoms with Crippen molar-refractivity contribution < 1.29 is 8.42 Å². The number of anilines is 2. The second-order valence-corrected chi connectivity index (χ2v) is 7.34. The smallest absolute Gasteiger partial charge is 0.238 e. The van der Waals surface area contributed by atoms with Crippen LogP contribution in [0, 0.1) is 0 Å². The Bertz CT molecular complexity index is 697. The molecule has 1 unspecified atom stereocenters. The first-order chi connectivity index (χ1) is 9.91. The van der Waals surface area contributed by atoms with E-state index in [1.54, 1.807) is 17.4 Å². The van der Waals surface area contributed by atoms with E-state index >= 15 is 0 Å². The van der Waals surface area contributed by atoms with Crippen molar-refractivity contribution in [2.24, 2.45) is 5.14 Å². The highest BCUT2D eigenvalue weighted by molar-refractivity contribution is 7.89. The topological polar surface area (TPSA) is 98.2 Å². The number of thiophene rings is 1. The van der Waals surface area contributed by atoms with Gasteiger partial charge >= 0.3 is 0 Å². The summed E-state index contributed by atoms with van der Waals surface area (Å²) in [6.45, 7) is 2.10. The molecule has 1 atom stereocenters. The predicted octanol–water partition coefficient (Wildman–Crippen LogP) is 2.93. The number of hydrogen-bond donors (Lipinski definition) is 3. The van der Waals surface area contributed by atoms with Crippen molar-refractivity contribution in [3.8, 4) is 0 Å². The number of nitrogens with one attached hydrogen (secondary N) is 1. The van der Waals surface area contributed by atoms with E-state index in [0.717, 1.165) is 12.8 Å². The normalized spacial score (nSPS) is 13.0. The Hall–Kier alpha value is -1.57. The molecule has 0 aliphatic carbocycles. The number of nitrogen functional groups attached to an aromatic ring is 1. The van der Waals surface area contributed by atoms with Gasteiger partial charge in [0.05, 0.1) is 22.3 Å². The summed E-state index contributed by atoms with van der Waals surface area (Å²) in [4.78, 5) is 1.25. The van der Waals surface area contributed by atoms with Crippen LogP contribution in [0.5, 0.6) is 0 Å². The van der Waals surface area contributed by atoms with Gasteiger partial charge in [0, 0.05) is 4.88 Å². The van der Waals surface area contributed by atoms with E-state index < -0.39 is 10.0 Å². The first-order valence-electron chi connectivity index (χ1n) is 6.64. The lowest BCUT2D eigenvalue weighted by atomic mass is 10.1. The van der Waals surface area contributed by atoms with Crippen LogP contribution in [0.3, 0.4) is 0 Å². The number of hydrogen-bond acceptors (Lipinski definition) is 5. The Balaban J connectivity index is 2.32. The lowest BCUT2D eigenvalue weighted by molar-refractivity contribution is 0.598. The van der Waals surface area contributed by atoms with Crippen molar-refractivity contribution in [3.05, 3.63) is 40.6 Å². The summed E-state index contributed by atoms with van der Waals surface area (Å²) in [7, 11) is -3.74. The molecular weight excluding hydrogens is 306 g/mol. The molecule has 1 aromatic carbocycles. The van der Waals surface area contributed by atoms with Gasteiger partial charge in [0.25, 0.3) is 0 Å². The number of nitrogens with two attached hydrogens (primary N) is 2. The van der Waals surface area contributed by atoms with Crippen molar-refractivity contribution >= 4 is 32.7 Å². The van der Waals surface area contributed by atoms with E-state index in [1.165, 1.54) is 17.0 Å². The highest BCUT2D eigenvalue weighted by Crippen LogP contribution is 2.31. The number of primary sulfonamides is 1. The van der Waals surface area contributed by atoms with Crippen LogP contribution in [0.15, 0.2) is 40.6 Å². The minimum Gasteiger partial charge on any atom is -0.397 e. The van der Waals surface area contributed by atoms with Crippen molar-refractivity contribution in [3.63, 3.8) is 0 Å². The molecule has 0 bridgehead atoms. The Morgan fingerprint density at radius 2 is 2.10 bits per heavy atom. The molecular formula is C14H19N3O2S2. The third kappa shape index (κ3) is 3.96. The molecule has 5 nitrogen and oxygen atoms in total. The van der Waals surface area contributed by atoms with Crippen LogP contribution in [0.1, 0.15) is 30.7 Å². The Kier molecular flexibility index (Phi) is 4.87. The van der Waals surface area contributed by atoms with Crippen molar-refractivity contribution in [2.75, 3.05) is 11.1 Å². The molecule has 2 aromatic rings. The van der Waals surface area contributed by atoms with Crippen LogP contribution in [0.4, 0.5) is 11.4 Å². The molecule has 2 rings (SSSR count). The van der Waals surface area contributed by atoms with Gasteiger partial charge < -0.3 is 11.1 Å². The number of rotatable bonds is 6. The summed E-state index contributed by atoms with van der Waals surface area (Å²) in [5, 5.41) is 10.5. The lowest BCUT2D eigenvalue weighted by Crippen LogP contribution is -2.14. The van der Waals surface area contributed by atoms with Gasteiger partial charge in [-0.05, 0) is 36.1 Å². The molecule has 5 N–H and O–H groups in total. The predicted molar refractivity (Wildman–Crippen MR) is 87.8 cm³/mol. The molecule has 0 aliphatic rings. The van der Waals surface area contributed by atoms with Gasteiger partial charge in [-0.25, -0.2) is 13.6 Å². The molecule has 0 saturated carbocycles. The first kappa shape index (κ1) is 15.8. The van der Waals surface area contributed by atoms with Crippen LogP contribution in [-0.4, -0.2) is 8.42 Å². The fourth-order valence-electron chi connectivity index (χ4n) is 2.09. The summed E-state index contributed by atoms with van der Waals surface area (Å²) in [6, 6.07) is 8.61. The average Bonchev–Trinajstić information content (AvgIpc) is 2.93. The Morgan fingerprint density at radius 1 is 1.33 bits per heavy atom. The number of benzene rings is 1. The van der Waals surface area contributed by atoms with Crippen molar-refractivity contribution in [1.82, 2.24) is 0 Å². The summed E-state index contributed by atoms with van der Waals surface area (Å²) in [5.41, 5.74) is 7.03. The van der Waals surface area contributed by atoms with Gasteiger partial charge in [0.15, 0.2) is 0 Å². The molecule has 0 aliphatic heterocycles. The minimum absolute atomic E-state index is 0.0561. The average molecular weight is 325 g/mol. The molecule has 0 spiro atoms. The van der Waals surface area contributed by atoms with E-state index in [4.69, 9.17) is 10.9 Å². The van der Waals surface area contributed by atoms with Gasteiger partial charge in [-0.15, -0.1) is 11.3 Å². The first-order valence-corrected chi connectivity index (χ1v) is 9.06. The van der Waals surface area contributed by atoms with Crippen LogP contribution in [-0.2, 0) is 10.0 Å². The maximum absolute atomic E-state index is 11.4. The Labute approximate surface area is 129 Å². The van der Waals surface area contributed by atoms with Crippen LogP contribution >= 0.6 is 11.3 Å². The zero-order valence-corrected chi connectivity index (χ0v) is 13.4. The molecule has 0 amide bonds. The van der Waals surface area contributed by atoms with Crippen LogP contribution in [0.2, 0.25) is 0 Å². The highest BCUT2D eigenvalue weighted by atomic mass is 32.2.